The maximum Gasteiger partial charge on any atom is 0.246 e. The fourth-order valence-corrected chi connectivity index (χ4v) is 0.874. The first-order valence-electron chi connectivity index (χ1n) is 7.15. The number of nitrogens with one attached hydrogen (secondary N) is 2. The fraction of sp³-hybridized carbons (Fsp3) is 0.857. The Labute approximate surface area is 118 Å². The average Bonchev–Trinajstić information content (AvgIpc) is 2.40. The third-order valence-electron chi connectivity index (χ3n) is 1.60. The zero-order valence-corrected chi connectivity index (χ0v) is 13.6. The summed E-state index contributed by atoms with van der Waals surface area (Å²) in [4.78, 5) is 21.6. The molecular weight excluding hydrogens is 244 g/mol. The molecule has 0 aromatic rings. The van der Waals surface area contributed by atoms with Crippen LogP contribution in [0.15, 0.2) is 0 Å². The molecule has 0 radical (unpaired) electrons. The van der Waals surface area contributed by atoms with Crippen LogP contribution in [0.1, 0.15) is 54.9 Å². The highest BCUT2D eigenvalue weighted by molar-refractivity contribution is 5.77. The summed E-state index contributed by atoms with van der Waals surface area (Å²) in [5.41, 5.74) is 0. The minimum Gasteiger partial charge on any atom is -0.369 e. The van der Waals surface area contributed by atoms with E-state index in [0.717, 1.165) is 6.42 Å². The van der Waals surface area contributed by atoms with E-state index in [-0.39, 0.29) is 24.5 Å². The van der Waals surface area contributed by atoms with Crippen molar-refractivity contribution in [1.82, 2.24) is 10.6 Å². The Morgan fingerprint density at radius 3 is 1.89 bits per heavy atom. The third kappa shape index (κ3) is 26.5. The zero-order valence-electron chi connectivity index (χ0n) is 13.6. The van der Waals surface area contributed by atoms with Gasteiger partial charge in [0.25, 0.3) is 0 Å². The van der Waals surface area contributed by atoms with Crippen LogP contribution < -0.4 is 10.6 Å². The number of carbonyl (C=O) groups is 2. The second-order valence-corrected chi connectivity index (χ2v) is 3.55. The predicted octanol–water partition coefficient (Wildman–Crippen LogP) is 2.11. The van der Waals surface area contributed by atoms with Crippen molar-refractivity contribution in [3.8, 4) is 0 Å². The highest BCUT2D eigenvalue weighted by atomic mass is 16.5. The predicted molar refractivity (Wildman–Crippen MR) is 80.1 cm³/mol. The van der Waals surface area contributed by atoms with E-state index < -0.39 is 0 Å². The van der Waals surface area contributed by atoms with E-state index in [2.05, 4.69) is 10.6 Å². The minimum atomic E-state index is -0.119. The maximum atomic E-state index is 11.1. The lowest BCUT2D eigenvalue weighted by molar-refractivity contribution is -0.127. The van der Waals surface area contributed by atoms with Gasteiger partial charge in [0.15, 0.2) is 0 Å². The second kappa shape index (κ2) is 19.2. The van der Waals surface area contributed by atoms with Crippen molar-refractivity contribution in [1.29, 1.82) is 0 Å². The molecule has 0 rings (SSSR count). The van der Waals surface area contributed by atoms with E-state index in [1.54, 1.807) is 0 Å². The van der Waals surface area contributed by atoms with E-state index in [1.807, 2.05) is 41.5 Å². The molecule has 2 amide bonds. The molecule has 0 aromatic carbocycles. The summed E-state index contributed by atoms with van der Waals surface area (Å²) in [6.07, 6.45) is 0.794. The maximum absolute atomic E-state index is 11.1. The number of amides is 2. The molecule has 0 aliphatic carbocycles. The first-order chi connectivity index (χ1) is 9.02. The molecule has 0 aliphatic rings. The van der Waals surface area contributed by atoms with Crippen molar-refractivity contribution in [2.45, 2.75) is 61.0 Å². The molecule has 116 valence electrons. The molecule has 0 aliphatic heterocycles. The summed E-state index contributed by atoms with van der Waals surface area (Å²) in [6.45, 7) is 14.5. The molecule has 0 bridgehead atoms. The van der Waals surface area contributed by atoms with Gasteiger partial charge in [-0.25, -0.2) is 0 Å². The van der Waals surface area contributed by atoms with Crippen molar-refractivity contribution in [2.24, 2.45) is 0 Å². The molecule has 0 fully saturated rings. The van der Waals surface area contributed by atoms with Crippen LogP contribution in [0.4, 0.5) is 0 Å². The first kappa shape index (κ1) is 23.0. The lowest BCUT2D eigenvalue weighted by Crippen LogP contribution is -2.31. The van der Waals surface area contributed by atoms with Gasteiger partial charge in [-0.1, -0.05) is 27.7 Å². The molecule has 2 N–H and O–H groups in total. The first-order valence-corrected chi connectivity index (χ1v) is 7.15. The zero-order chi connectivity index (χ0) is 15.7. The van der Waals surface area contributed by atoms with Gasteiger partial charge in [-0.15, -0.1) is 0 Å². The normalized spacial score (nSPS) is 8.63. The highest BCUT2D eigenvalue weighted by Gasteiger charge is 2.01. The van der Waals surface area contributed by atoms with E-state index in [9.17, 15) is 9.59 Å². The molecule has 5 heteroatoms. The quantitative estimate of drug-likeness (QED) is 0.700. The average molecular weight is 276 g/mol. The van der Waals surface area contributed by atoms with Gasteiger partial charge in [0, 0.05) is 20.0 Å². The Balaban J connectivity index is -0.000000579. The Morgan fingerprint density at radius 2 is 1.47 bits per heavy atom. The Morgan fingerprint density at radius 1 is 1.00 bits per heavy atom. The van der Waals surface area contributed by atoms with Crippen LogP contribution >= 0.6 is 0 Å². The van der Waals surface area contributed by atoms with Crippen LogP contribution in [0, 0.1) is 0 Å². The van der Waals surface area contributed by atoms with Gasteiger partial charge in [0.1, 0.15) is 6.61 Å². The van der Waals surface area contributed by atoms with Gasteiger partial charge in [0.2, 0.25) is 11.8 Å². The van der Waals surface area contributed by atoms with E-state index >= 15 is 0 Å². The van der Waals surface area contributed by atoms with Gasteiger partial charge in [0.05, 0.1) is 6.10 Å². The molecule has 0 unspecified atom stereocenters. The van der Waals surface area contributed by atoms with Crippen molar-refractivity contribution in [3.63, 3.8) is 0 Å². The largest absolute Gasteiger partial charge is 0.369 e. The van der Waals surface area contributed by atoms with Gasteiger partial charge in [-0.2, -0.15) is 0 Å². The minimum absolute atomic E-state index is 0.0514. The molecule has 0 saturated heterocycles. The van der Waals surface area contributed by atoms with Gasteiger partial charge < -0.3 is 15.4 Å². The topological polar surface area (TPSA) is 67.4 Å². The number of hydrogen-bond donors (Lipinski definition) is 2. The summed E-state index contributed by atoms with van der Waals surface area (Å²) in [5.74, 6) is -0.170. The summed E-state index contributed by atoms with van der Waals surface area (Å²) in [6, 6.07) is 0. The molecular formula is C14H32N2O3. The van der Waals surface area contributed by atoms with Crippen LogP contribution in [0.2, 0.25) is 0 Å². The Kier molecular flexibility index (Phi) is 23.3. The summed E-state index contributed by atoms with van der Waals surface area (Å²) in [5, 5.41) is 5.34. The lowest BCUT2D eigenvalue weighted by Gasteiger charge is -2.08. The molecule has 0 heterocycles. The van der Waals surface area contributed by atoms with Crippen molar-refractivity contribution < 1.29 is 14.3 Å². The lowest BCUT2D eigenvalue weighted by atomic mass is 10.4. The third-order valence-corrected chi connectivity index (χ3v) is 1.60. The molecule has 19 heavy (non-hydrogen) atoms. The summed E-state index contributed by atoms with van der Waals surface area (Å²) < 4.78 is 5.12. The standard InChI is InChI=1S/C10H20N2O3.2C2H6/c1-8(2)15-7-10(14)12-6-4-5-11-9(3)13;2*1-2/h8H,4-7H2,1-3H3,(H,11,13)(H,12,14);2*1-2H3. The highest BCUT2D eigenvalue weighted by Crippen LogP contribution is 1.86. The van der Waals surface area contributed by atoms with E-state index in [4.69, 9.17) is 4.74 Å². The molecule has 0 spiro atoms. The van der Waals surface area contributed by atoms with Crippen LogP contribution in [0.25, 0.3) is 0 Å². The van der Waals surface area contributed by atoms with Crippen molar-refractivity contribution in [2.75, 3.05) is 19.7 Å². The van der Waals surface area contributed by atoms with Crippen LogP contribution in [-0.2, 0) is 14.3 Å². The van der Waals surface area contributed by atoms with Gasteiger partial charge in [-0.05, 0) is 20.3 Å². The van der Waals surface area contributed by atoms with Crippen LogP contribution in [-0.4, -0.2) is 37.6 Å². The second-order valence-electron chi connectivity index (χ2n) is 3.55. The van der Waals surface area contributed by atoms with Crippen LogP contribution in [0.5, 0.6) is 0 Å². The molecule has 0 atom stereocenters. The monoisotopic (exact) mass is 276 g/mol. The van der Waals surface area contributed by atoms with E-state index in [0.29, 0.717) is 13.1 Å². The Hall–Kier alpha value is -1.10. The SMILES string of the molecule is CC.CC.CC(=O)NCCCNC(=O)COC(C)C. The summed E-state index contributed by atoms with van der Waals surface area (Å²) in [7, 11) is 0. The molecule has 0 aromatic heterocycles. The molecule has 5 nitrogen and oxygen atoms in total. The summed E-state index contributed by atoms with van der Waals surface area (Å²) >= 11 is 0. The van der Waals surface area contributed by atoms with Gasteiger partial charge >= 0.3 is 0 Å². The van der Waals surface area contributed by atoms with E-state index in [1.165, 1.54) is 6.92 Å². The number of hydrogen-bond acceptors (Lipinski definition) is 3. The van der Waals surface area contributed by atoms with Gasteiger partial charge in [-0.3, -0.25) is 9.59 Å². The number of rotatable bonds is 7. The number of ether oxygens (including phenoxy) is 1. The van der Waals surface area contributed by atoms with Crippen LogP contribution in [0.3, 0.4) is 0 Å². The fourth-order valence-electron chi connectivity index (χ4n) is 0.874. The Bertz CT molecular complexity index is 207. The molecule has 0 saturated carbocycles. The smallest absolute Gasteiger partial charge is 0.246 e. The van der Waals surface area contributed by atoms with Crippen molar-refractivity contribution >= 4 is 11.8 Å². The number of carbonyl (C=O) groups excluding carboxylic acids is 2. The van der Waals surface area contributed by atoms with Crippen molar-refractivity contribution in [3.05, 3.63) is 0 Å².